The van der Waals surface area contributed by atoms with Gasteiger partial charge in [0.2, 0.25) is 10.0 Å². The van der Waals surface area contributed by atoms with Crippen molar-refractivity contribution in [1.82, 2.24) is 9.71 Å². The topological polar surface area (TPSA) is 72.2 Å². The van der Waals surface area contributed by atoms with E-state index in [1.165, 1.54) is 0 Å². The number of rotatable bonds is 4. The molecule has 22 heavy (non-hydrogen) atoms. The molecule has 3 rings (SSSR count). The maximum Gasteiger partial charge on any atom is 0.240 e. The van der Waals surface area contributed by atoms with Gasteiger partial charge in [0.15, 0.2) is 11.5 Å². The Hall–Kier alpha value is -2.18. The second-order valence-corrected chi connectivity index (χ2v) is 6.94. The van der Waals surface area contributed by atoms with Crippen LogP contribution in [0.1, 0.15) is 17.0 Å². The summed E-state index contributed by atoms with van der Waals surface area (Å²) in [6.07, 6.45) is 0. The molecule has 0 radical (unpaired) electrons. The quantitative estimate of drug-likeness (QED) is 0.803. The molecule has 5 nitrogen and oxygen atoms in total. The van der Waals surface area contributed by atoms with E-state index in [0.717, 1.165) is 16.6 Å². The Morgan fingerprint density at radius 3 is 2.73 bits per heavy atom. The second-order valence-electron chi connectivity index (χ2n) is 5.18. The van der Waals surface area contributed by atoms with Gasteiger partial charge in [-0.25, -0.2) is 18.1 Å². The molecule has 1 aromatic heterocycles. The lowest BCUT2D eigenvalue weighted by atomic mass is 10.2. The van der Waals surface area contributed by atoms with Gasteiger partial charge in [0.05, 0.1) is 4.90 Å². The summed E-state index contributed by atoms with van der Waals surface area (Å²) < 4.78 is 32.6. The highest BCUT2D eigenvalue weighted by Gasteiger charge is 2.14. The number of nitrogens with zero attached hydrogens (tertiary/aromatic N) is 1. The van der Waals surface area contributed by atoms with E-state index < -0.39 is 10.0 Å². The van der Waals surface area contributed by atoms with Crippen LogP contribution in [0.2, 0.25) is 0 Å². The molecule has 0 bridgehead atoms. The molecule has 0 aliphatic carbocycles. The molecule has 0 fully saturated rings. The van der Waals surface area contributed by atoms with Crippen LogP contribution >= 0.6 is 0 Å². The zero-order valence-corrected chi connectivity index (χ0v) is 13.1. The minimum Gasteiger partial charge on any atom is -0.441 e. The van der Waals surface area contributed by atoms with Gasteiger partial charge in [-0.2, -0.15) is 0 Å². The van der Waals surface area contributed by atoms with Crippen LogP contribution in [0.25, 0.3) is 11.1 Å². The molecule has 0 saturated carbocycles. The molecule has 0 aliphatic heterocycles. The number of benzene rings is 2. The first-order valence-corrected chi connectivity index (χ1v) is 8.35. The average molecular weight is 316 g/mol. The summed E-state index contributed by atoms with van der Waals surface area (Å²) in [7, 11) is -3.53. The van der Waals surface area contributed by atoms with E-state index in [1.807, 2.05) is 25.1 Å². The molecule has 1 heterocycles. The fraction of sp³-hybridized carbons (Fsp3) is 0.188. The smallest absolute Gasteiger partial charge is 0.240 e. The van der Waals surface area contributed by atoms with Crippen LogP contribution in [0.4, 0.5) is 0 Å². The standard InChI is InChI=1S/C16H16N2O3S/c1-11-4-3-5-14(8-11)22(19,20)17-10-13-6-7-15-16(9-13)21-12(2)18-15/h3-9,17H,10H2,1-2H3. The third kappa shape index (κ3) is 3.03. The lowest BCUT2D eigenvalue weighted by Crippen LogP contribution is -2.23. The van der Waals surface area contributed by atoms with E-state index >= 15 is 0 Å². The fourth-order valence-corrected chi connectivity index (χ4v) is 3.36. The first kappa shape index (κ1) is 14.7. The summed E-state index contributed by atoms with van der Waals surface area (Å²) >= 11 is 0. The molecule has 114 valence electrons. The fourth-order valence-electron chi connectivity index (χ4n) is 2.24. The van der Waals surface area contributed by atoms with Gasteiger partial charge in [-0.05, 0) is 42.3 Å². The highest BCUT2D eigenvalue weighted by Crippen LogP contribution is 2.17. The zero-order valence-electron chi connectivity index (χ0n) is 12.3. The van der Waals surface area contributed by atoms with E-state index in [0.29, 0.717) is 11.5 Å². The molecule has 0 aliphatic rings. The molecular formula is C16H16N2O3S. The van der Waals surface area contributed by atoms with Gasteiger partial charge in [0, 0.05) is 13.5 Å². The second kappa shape index (κ2) is 5.55. The van der Waals surface area contributed by atoms with Gasteiger partial charge in [-0.3, -0.25) is 0 Å². The number of hydrogen-bond acceptors (Lipinski definition) is 4. The van der Waals surface area contributed by atoms with Gasteiger partial charge >= 0.3 is 0 Å². The van der Waals surface area contributed by atoms with Gasteiger partial charge in [-0.1, -0.05) is 18.2 Å². The Kier molecular flexibility index (Phi) is 3.72. The highest BCUT2D eigenvalue weighted by molar-refractivity contribution is 7.89. The van der Waals surface area contributed by atoms with Crippen molar-refractivity contribution in [3.8, 4) is 0 Å². The third-order valence-corrected chi connectivity index (χ3v) is 4.72. The van der Waals surface area contributed by atoms with Crippen LogP contribution < -0.4 is 4.72 Å². The number of fused-ring (bicyclic) bond motifs is 1. The highest BCUT2D eigenvalue weighted by atomic mass is 32.2. The SMILES string of the molecule is Cc1cccc(S(=O)(=O)NCc2ccc3nc(C)oc3c2)c1. The summed E-state index contributed by atoms with van der Waals surface area (Å²) in [4.78, 5) is 4.48. The van der Waals surface area contributed by atoms with Crippen molar-refractivity contribution < 1.29 is 12.8 Å². The molecule has 0 spiro atoms. The number of aromatic nitrogens is 1. The van der Waals surface area contributed by atoms with Gasteiger partial charge in [0.25, 0.3) is 0 Å². The molecule has 6 heteroatoms. The molecule has 2 aromatic carbocycles. The molecule has 0 atom stereocenters. The normalized spacial score (nSPS) is 11.9. The van der Waals surface area contributed by atoms with E-state index in [9.17, 15) is 8.42 Å². The van der Waals surface area contributed by atoms with Crippen LogP contribution in [0.15, 0.2) is 51.8 Å². The largest absolute Gasteiger partial charge is 0.441 e. The minimum absolute atomic E-state index is 0.200. The molecule has 0 saturated heterocycles. The average Bonchev–Trinajstić information content (AvgIpc) is 2.84. The van der Waals surface area contributed by atoms with Crippen molar-refractivity contribution in [2.75, 3.05) is 0 Å². The van der Waals surface area contributed by atoms with Gasteiger partial charge in [0.1, 0.15) is 5.52 Å². The Morgan fingerprint density at radius 1 is 1.14 bits per heavy atom. The zero-order chi connectivity index (χ0) is 15.7. The van der Waals surface area contributed by atoms with Crippen LogP contribution in [0.3, 0.4) is 0 Å². The maximum atomic E-state index is 12.3. The number of oxazole rings is 1. The van der Waals surface area contributed by atoms with Gasteiger partial charge < -0.3 is 4.42 Å². The van der Waals surface area contributed by atoms with Crippen molar-refractivity contribution >= 4 is 21.1 Å². The minimum atomic E-state index is -3.53. The lowest BCUT2D eigenvalue weighted by Gasteiger charge is -2.07. The Morgan fingerprint density at radius 2 is 1.95 bits per heavy atom. The molecule has 0 amide bonds. The van der Waals surface area contributed by atoms with Crippen LogP contribution in [-0.2, 0) is 16.6 Å². The molecule has 0 unspecified atom stereocenters. The Balaban J connectivity index is 1.80. The number of sulfonamides is 1. The van der Waals surface area contributed by atoms with Crippen LogP contribution in [0, 0.1) is 13.8 Å². The summed E-state index contributed by atoms with van der Waals surface area (Å²) in [5.41, 5.74) is 3.15. The Bertz CT molecular complexity index is 929. The maximum absolute atomic E-state index is 12.3. The first-order chi connectivity index (χ1) is 10.4. The predicted molar refractivity (Wildman–Crippen MR) is 84.0 cm³/mol. The molecular weight excluding hydrogens is 300 g/mol. The van der Waals surface area contributed by atoms with Crippen LogP contribution in [-0.4, -0.2) is 13.4 Å². The van der Waals surface area contributed by atoms with E-state index in [1.54, 1.807) is 31.2 Å². The summed E-state index contributed by atoms with van der Waals surface area (Å²) in [5, 5.41) is 0. The molecule has 3 aromatic rings. The van der Waals surface area contributed by atoms with Crippen molar-refractivity contribution in [3.05, 3.63) is 59.5 Å². The number of nitrogens with one attached hydrogen (secondary N) is 1. The van der Waals surface area contributed by atoms with E-state index in [-0.39, 0.29) is 11.4 Å². The Labute approximate surface area is 129 Å². The monoisotopic (exact) mass is 316 g/mol. The van der Waals surface area contributed by atoms with Crippen molar-refractivity contribution in [2.45, 2.75) is 25.3 Å². The third-order valence-electron chi connectivity index (χ3n) is 3.33. The van der Waals surface area contributed by atoms with Crippen molar-refractivity contribution in [1.29, 1.82) is 0 Å². The lowest BCUT2D eigenvalue weighted by molar-refractivity contribution is 0.560. The summed E-state index contributed by atoms with van der Waals surface area (Å²) in [5.74, 6) is 0.590. The van der Waals surface area contributed by atoms with Crippen LogP contribution in [0.5, 0.6) is 0 Å². The van der Waals surface area contributed by atoms with E-state index in [4.69, 9.17) is 4.42 Å². The number of aryl methyl sites for hydroxylation is 2. The molecule has 1 N–H and O–H groups in total. The van der Waals surface area contributed by atoms with E-state index in [2.05, 4.69) is 9.71 Å². The summed E-state index contributed by atoms with van der Waals surface area (Å²) in [6.45, 7) is 3.84. The number of hydrogen-bond donors (Lipinski definition) is 1. The van der Waals surface area contributed by atoms with Crippen molar-refractivity contribution in [2.24, 2.45) is 0 Å². The first-order valence-electron chi connectivity index (χ1n) is 6.86. The van der Waals surface area contributed by atoms with Crippen molar-refractivity contribution in [3.63, 3.8) is 0 Å². The summed E-state index contributed by atoms with van der Waals surface area (Å²) in [6, 6.07) is 12.3. The van der Waals surface area contributed by atoms with Gasteiger partial charge in [-0.15, -0.1) is 0 Å². The predicted octanol–water partition coefficient (Wildman–Crippen LogP) is 2.92.